The average molecular weight is 277 g/mol. The van der Waals surface area contributed by atoms with Crippen molar-refractivity contribution in [1.29, 1.82) is 5.26 Å². The summed E-state index contributed by atoms with van der Waals surface area (Å²) >= 11 is 0. The highest BCUT2D eigenvalue weighted by molar-refractivity contribution is 5.61. The van der Waals surface area contributed by atoms with Gasteiger partial charge >= 0.3 is 0 Å². The molecule has 0 amide bonds. The molecule has 0 aliphatic rings. The predicted molar refractivity (Wildman–Crippen MR) is 76.1 cm³/mol. The third kappa shape index (κ3) is 2.55. The van der Waals surface area contributed by atoms with Crippen molar-refractivity contribution in [3.63, 3.8) is 0 Å². The third-order valence-corrected chi connectivity index (χ3v) is 2.80. The number of aryl methyl sites for hydroxylation is 1. The van der Waals surface area contributed by atoms with E-state index in [0.717, 1.165) is 5.69 Å². The van der Waals surface area contributed by atoms with Gasteiger partial charge in [-0.1, -0.05) is 6.07 Å². The van der Waals surface area contributed by atoms with Crippen molar-refractivity contribution in [2.24, 2.45) is 0 Å². The van der Waals surface area contributed by atoms with Gasteiger partial charge in [-0.15, -0.1) is 5.10 Å². The van der Waals surface area contributed by atoms with Crippen LogP contribution < -0.4 is 5.32 Å². The van der Waals surface area contributed by atoms with Crippen LogP contribution in [-0.2, 0) is 0 Å². The smallest absolute Gasteiger partial charge is 0.155 e. The third-order valence-electron chi connectivity index (χ3n) is 2.80. The molecule has 0 aromatic carbocycles. The Hall–Kier alpha value is -3.27. The van der Waals surface area contributed by atoms with Crippen LogP contribution in [-0.4, -0.2) is 25.0 Å². The summed E-state index contributed by atoms with van der Waals surface area (Å²) < 4.78 is 1.56. The molecule has 0 unspecified atom stereocenters. The Morgan fingerprint density at radius 2 is 2.10 bits per heavy atom. The molecule has 7 nitrogen and oxygen atoms in total. The van der Waals surface area contributed by atoms with E-state index in [9.17, 15) is 5.26 Å². The Morgan fingerprint density at radius 1 is 1.19 bits per heavy atom. The van der Waals surface area contributed by atoms with Gasteiger partial charge < -0.3 is 5.32 Å². The number of nitriles is 1. The molecule has 0 aliphatic carbocycles. The van der Waals surface area contributed by atoms with Gasteiger partial charge in [0.2, 0.25) is 0 Å². The summed E-state index contributed by atoms with van der Waals surface area (Å²) in [5, 5.41) is 24.5. The Labute approximate surface area is 120 Å². The minimum Gasteiger partial charge on any atom is -0.322 e. The number of nitrogens with one attached hydrogen (secondary N) is 1. The summed E-state index contributed by atoms with van der Waals surface area (Å²) in [5.41, 5.74) is 1.22. The van der Waals surface area contributed by atoms with E-state index in [1.165, 1.54) is 6.20 Å². The van der Waals surface area contributed by atoms with Crippen molar-refractivity contribution in [3.8, 4) is 11.9 Å². The maximum absolute atomic E-state index is 9.20. The lowest BCUT2D eigenvalue weighted by molar-refractivity contribution is 0.851. The number of hydrogen-bond acceptors (Lipinski definition) is 6. The maximum atomic E-state index is 9.20. The predicted octanol–water partition coefficient (Wildman–Crippen LogP) is 1.98. The molecule has 0 bridgehead atoms. The van der Waals surface area contributed by atoms with E-state index in [1.54, 1.807) is 23.0 Å². The molecular formula is C14H11N7. The maximum Gasteiger partial charge on any atom is 0.155 e. The lowest BCUT2D eigenvalue weighted by Crippen LogP contribution is -2.06. The zero-order valence-corrected chi connectivity index (χ0v) is 11.2. The van der Waals surface area contributed by atoms with Crippen LogP contribution in [0.4, 0.5) is 11.6 Å². The minimum absolute atomic E-state index is 0.406. The van der Waals surface area contributed by atoms with Crippen LogP contribution in [0.15, 0.2) is 42.7 Å². The fourth-order valence-corrected chi connectivity index (χ4v) is 1.79. The summed E-state index contributed by atoms with van der Waals surface area (Å²) in [5.74, 6) is 1.66. The van der Waals surface area contributed by atoms with Gasteiger partial charge in [0, 0.05) is 6.20 Å². The van der Waals surface area contributed by atoms with Gasteiger partial charge in [0.1, 0.15) is 11.6 Å². The van der Waals surface area contributed by atoms with Gasteiger partial charge in [-0.3, -0.25) is 0 Å². The largest absolute Gasteiger partial charge is 0.322 e. The number of aromatic nitrogens is 5. The zero-order chi connectivity index (χ0) is 14.7. The van der Waals surface area contributed by atoms with Gasteiger partial charge in [0.25, 0.3) is 0 Å². The standard InChI is InChI=1S/C14H11N7/c1-10-5-6-12(20-19-10)18-14-11(8-15)9-17-21(14)13-4-2-3-7-16-13/h2-7,9H,1H3,(H,18,20). The molecule has 7 heteroatoms. The highest BCUT2D eigenvalue weighted by Gasteiger charge is 2.13. The molecule has 3 aromatic heterocycles. The number of nitrogens with zero attached hydrogens (tertiary/aromatic N) is 6. The van der Waals surface area contributed by atoms with E-state index in [0.29, 0.717) is 23.0 Å². The van der Waals surface area contributed by atoms with Gasteiger partial charge in [0.15, 0.2) is 17.5 Å². The topological polar surface area (TPSA) is 92.3 Å². The highest BCUT2D eigenvalue weighted by atomic mass is 15.4. The highest BCUT2D eigenvalue weighted by Crippen LogP contribution is 2.21. The van der Waals surface area contributed by atoms with Crippen LogP contribution in [0.1, 0.15) is 11.3 Å². The molecule has 3 heterocycles. The van der Waals surface area contributed by atoms with Crippen LogP contribution >= 0.6 is 0 Å². The van der Waals surface area contributed by atoms with E-state index in [1.807, 2.05) is 25.1 Å². The second-order valence-electron chi connectivity index (χ2n) is 4.30. The van der Waals surface area contributed by atoms with Crippen molar-refractivity contribution >= 4 is 11.6 Å². The van der Waals surface area contributed by atoms with E-state index in [2.05, 4.69) is 31.7 Å². The zero-order valence-electron chi connectivity index (χ0n) is 11.2. The molecule has 3 aromatic rings. The van der Waals surface area contributed by atoms with Crippen molar-refractivity contribution in [3.05, 3.63) is 54.0 Å². The molecule has 0 aliphatic heterocycles. The second-order valence-corrected chi connectivity index (χ2v) is 4.30. The molecule has 0 spiro atoms. The van der Waals surface area contributed by atoms with E-state index in [-0.39, 0.29) is 0 Å². The van der Waals surface area contributed by atoms with Crippen molar-refractivity contribution < 1.29 is 0 Å². The summed E-state index contributed by atoms with van der Waals surface area (Å²) in [6.07, 6.45) is 3.15. The summed E-state index contributed by atoms with van der Waals surface area (Å²) in [6.45, 7) is 1.86. The molecule has 3 rings (SSSR count). The van der Waals surface area contributed by atoms with Gasteiger partial charge in [-0.25, -0.2) is 4.98 Å². The molecule has 102 valence electrons. The van der Waals surface area contributed by atoms with Crippen LogP contribution in [0.25, 0.3) is 5.82 Å². The van der Waals surface area contributed by atoms with E-state index < -0.39 is 0 Å². The fraction of sp³-hybridized carbons (Fsp3) is 0.0714. The van der Waals surface area contributed by atoms with E-state index >= 15 is 0 Å². The molecule has 0 atom stereocenters. The quantitative estimate of drug-likeness (QED) is 0.787. The van der Waals surface area contributed by atoms with Gasteiger partial charge in [-0.2, -0.15) is 20.1 Å². The number of pyridine rings is 1. The second kappa shape index (κ2) is 5.38. The van der Waals surface area contributed by atoms with Crippen LogP contribution in [0, 0.1) is 18.3 Å². The van der Waals surface area contributed by atoms with Crippen LogP contribution in [0.2, 0.25) is 0 Å². The van der Waals surface area contributed by atoms with Crippen molar-refractivity contribution in [1.82, 2.24) is 25.0 Å². The number of hydrogen-bond donors (Lipinski definition) is 1. The Kier molecular flexibility index (Phi) is 3.27. The molecule has 0 fully saturated rings. The summed E-state index contributed by atoms with van der Waals surface area (Å²) in [4.78, 5) is 4.23. The van der Waals surface area contributed by atoms with E-state index in [4.69, 9.17) is 0 Å². The minimum atomic E-state index is 0.406. The molecule has 0 saturated carbocycles. The first-order valence-electron chi connectivity index (χ1n) is 6.25. The molecule has 0 radical (unpaired) electrons. The fourth-order valence-electron chi connectivity index (χ4n) is 1.79. The lowest BCUT2D eigenvalue weighted by atomic mass is 10.3. The van der Waals surface area contributed by atoms with Crippen molar-refractivity contribution in [2.45, 2.75) is 6.92 Å². The summed E-state index contributed by atoms with van der Waals surface area (Å²) in [7, 11) is 0. The average Bonchev–Trinajstić information content (AvgIpc) is 2.93. The number of anilines is 2. The van der Waals surface area contributed by atoms with Crippen LogP contribution in [0.5, 0.6) is 0 Å². The molecular weight excluding hydrogens is 266 g/mol. The Morgan fingerprint density at radius 3 is 2.76 bits per heavy atom. The monoisotopic (exact) mass is 277 g/mol. The van der Waals surface area contributed by atoms with Gasteiger partial charge in [0.05, 0.1) is 11.9 Å². The normalized spacial score (nSPS) is 10.1. The van der Waals surface area contributed by atoms with Crippen molar-refractivity contribution in [2.75, 3.05) is 5.32 Å². The SMILES string of the molecule is Cc1ccc(Nc2c(C#N)cnn2-c2ccccn2)nn1. The lowest BCUT2D eigenvalue weighted by Gasteiger charge is -2.08. The molecule has 1 N–H and O–H groups in total. The Balaban J connectivity index is 2.03. The molecule has 21 heavy (non-hydrogen) atoms. The summed E-state index contributed by atoms with van der Waals surface area (Å²) in [6, 6.07) is 11.2. The number of rotatable bonds is 3. The first-order valence-corrected chi connectivity index (χ1v) is 6.25. The van der Waals surface area contributed by atoms with Gasteiger partial charge in [-0.05, 0) is 31.2 Å². The first-order chi connectivity index (χ1) is 10.3. The van der Waals surface area contributed by atoms with Crippen LogP contribution in [0.3, 0.4) is 0 Å². The first kappa shape index (κ1) is 12.7. The Bertz CT molecular complexity index is 784. The molecule has 0 saturated heterocycles.